The fourth-order valence-electron chi connectivity index (χ4n) is 3.99. The first-order valence-electron chi connectivity index (χ1n) is 10.1. The van der Waals surface area contributed by atoms with E-state index in [1.165, 1.54) is 6.42 Å². The smallest absolute Gasteiger partial charge is 0.238 e. The van der Waals surface area contributed by atoms with Crippen LogP contribution in [-0.4, -0.2) is 78.9 Å². The molecule has 2 fully saturated rings. The molecular formula is C21H32N4O2. The molecule has 2 aliphatic rings. The number of hydrogen-bond donors (Lipinski definition) is 1. The van der Waals surface area contributed by atoms with E-state index < -0.39 is 0 Å². The van der Waals surface area contributed by atoms with Crippen LogP contribution in [0.15, 0.2) is 18.2 Å². The van der Waals surface area contributed by atoms with Crippen molar-refractivity contribution in [3.8, 4) is 0 Å². The van der Waals surface area contributed by atoms with E-state index >= 15 is 0 Å². The highest BCUT2D eigenvalue weighted by Gasteiger charge is 2.23. The lowest BCUT2D eigenvalue weighted by atomic mass is 10.1. The van der Waals surface area contributed by atoms with Gasteiger partial charge in [0.25, 0.3) is 0 Å². The molecule has 0 saturated carbocycles. The maximum atomic E-state index is 12.4. The standard InChI is InChI=1S/C21H32N4O2/c1-17-12-18(2)14-19(13-17)22-20(26)15-23-8-10-24(11-9-23)16-21(27)25-6-4-3-5-7-25/h12-14H,3-11,15-16H2,1-2H3,(H,22,26). The summed E-state index contributed by atoms with van der Waals surface area (Å²) in [5.41, 5.74) is 3.16. The lowest BCUT2D eigenvalue weighted by Gasteiger charge is -2.35. The summed E-state index contributed by atoms with van der Waals surface area (Å²) in [6, 6.07) is 6.09. The number of piperidine rings is 1. The van der Waals surface area contributed by atoms with E-state index in [1.54, 1.807) is 0 Å². The average Bonchev–Trinajstić information content (AvgIpc) is 2.63. The Labute approximate surface area is 162 Å². The van der Waals surface area contributed by atoms with Crippen LogP contribution in [0.4, 0.5) is 5.69 Å². The Hall–Kier alpha value is -1.92. The quantitative estimate of drug-likeness (QED) is 0.857. The van der Waals surface area contributed by atoms with Crippen LogP contribution in [0.2, 0.25) is 0 Å². The van der Waals surface area contributed by atoms with Gasteiger partial charge < -0.3 is 10.2 Å². The zero-order valence-corrected chi connectivity index (χ0v) is 16.7. The summed E-state index contributed by atoms with van der Waals surface area (Å²) in [7, 11) is 0. The molecule has 0 radical (unpaired) electrons. The third kappa shape index (κ3) is 6.04. The Morgan fingerprint density at radius 2 is 1.37 bits per heavy atom. The van der Waals surface area contributed by atoms with Crippen molar-refractivity contribution in [2.75, 3.05) is 57.7 Å². The van der Waals surface area contributed by atoms with Crippen molar-refractivity contribution in [2.24, 2.45) is 0 Å². The van der Waals surface area contributed by atoms with Crippen LogP contribution >= 0.6 is 0 Å². The normalized spacial score (nSPS) is 19.1. The fraction of sp³-hybridized carbons (Fsp3) is 0.619. The molecule has 0 bridgehead atoms. The van der Waals surface area contributed by atoms with Crippen LogP contribution in [0.25, 0.3) is 0 Å². The maximum absolute atomic E-state index is 12.4. The van der Waals surface area contributed by atoms with E-state index in [-0.39, 0.29) is 11.8 Å². The van der Waals surface area contributed by atoms with E-state index in [9.17, 15) is 9.59 Å². The molecule has 6 nitrogen and oxygen atoms in total. The fourth-order valence-corrected chi connectivity index (χ4v) is 3.99. The molecule has 2 heterocycles. The Morgan fingerprint density at radius 1 is 0.815 bits per heavy atom. The van der Waals surface area contributed by atoms with Crippen LogP contribution in [0.1, 0.15) is 30.4 Å². The van der Waals surface area contributed by atoms with Crippen LogP contribution in [0, 0.1) is 13.8 Å². The van der Waals surface area contributed by atoms with Gasteiger partial charge in [-0.25, -0.2) is 0 Å². The summed E-state index contributed by atoms with van der Waals surface area (Å²) in [6.45, 7) is 10.2. The van der Waals surface area contributed by atoms with Crippen molar-refractivity contribution >= 4 is 17.5 Å². The topological polar surface area (TPSA) is 55.9 Å². The number of carbonyl (C=O) groups is 2. The molecule has 3 rings (SSSR count). The van der Waals surface area contributed by atoms with Gasteiger partial charge in [0, 0.05) is 45.0 Å². The molecule has 2 saturated heterocycles. The van der Waals surface area contributed by atoms with Gasteiger partial charge in [0.1, 0.15) is 0 Å². The lowest BCUT2D eigenvalue weighted by Crippen LogP contribution is -2.51. The van der Waals surface area contributed by atoms with Gasteiger partial charge in [-0.2, -0.15) is 0 Å². The predicted octanol–water partition coefficient (Wildman–Crippen LogP) is 1.87. The van der Waals surface area contributed by atoms with Crippen molar-refractivity contribution < 1.29 is 9.59 Å². The predicted molar refractivity (Wildman–Crippen MR) is 108 cm³/mol. The summed E-state index contributed by atoms with van der Waals surface area (Å²) in [5, 5.41) is 3.00. The molecule has 2 amide bonds. The van der Waals surface area contributed by atoms with Gasteiger partial charge in [-0.05, 0) is 56.4 Å². The van der Waals surface area contributed by atoms with E-state index in [2.05, 4.69) is 21.2 Å². The number of nitrogens with zero attached hydrogens (tertiary/aromatic N) is 3. The molecular weight excluding hydrogens is 340 g/mol. The minimum absolute atomic E-state index is 0.0258. The SMILES string of the molecule is Cc1cc(C)cc(NC(=O)CN2CCN(CC(=O)N3CCCCC3)CC2)c1. The monoisotopic (exact) mass is 372 g/mol. The highest BCUT2D eigenvalue weighted by Crippen LogP contribution is 2.14. The van der Waals surface area contributed by atoms with Gasteiger partial charge in [-0.1, -0.05) is 6.07 Å². The summed E-state index contributed by atoms with van der Waals surface area (Å²) in [5.74, 6) is 0.286. The molecule has 0 aromatic heterocycles. The van der Waals surface area contributed by atoms with Crippen molar-refractivity contribution in [2.45, 2.75) is 33.1 Å². The van der Waals surface area contributed by atoms with Gasteiger partial charge >= 0.3 is 0 Å². The molecule has 148 valence electrons. The van der Waals surface area contributed by atoms with Gasteiger partial charge in [0.15, 0.2) is 0 Å². The zero-order chi connectivity index (χ0) is 19.2. The third-order valence-electron chi connectivity index (χ3n) is 5.41. The van der Waals surface area contributed by atoms with Crippen LogP contribution in [-0.2, 0) is 9.59 Å². The average molecular weight is 373 g/mol. The van der Waals surface area contributed by atoms with E-state index in [4.69, 9.17) is 0 Å². The number of anilines is 1. The molecule has 0 atom stereocenters. The Balaban J connectivity index is 1.39. The highest BCUT2D eigenvalue weighted by molar-refractivity contribution is 5.92. The van der Waals surface area contributed by atoms with Crippen LogP contribution in [0.5, 0.6) is 0 Å². The number of nitrogens with one attached hydrogen (secondary N) is 1. The minimum Gasteiger partial charge on any atom is -0.342 e. The second-order valence-electron chi connectivity index (χ2n) is 7.92. The largest absolute Gasteiger partial charge is 0.342 e. The van der Waals surface area contributed by atoms with E-state index in [1.807, 2.05) is 30.9 Å². The molecule has 1 aromatic carbocycles. The molecule has 0 aliphatic carbocycles. The molecule has 2 aliphatic heterocycles. The highest BCUT2D eigenvalue weighted by atomic mass is 16.2. The summed E-state index contributed by atoms with van der Waals surface area (Å²) in [6.07, 6.45) is 3.51. The second kappa shape index (κ2) is 9.33. The summed E-state index contributed by atoms with van der Waals surface area (Å²) in [4.78, 5) is 31.1. The second-order valence-corrected chi connectivity index (χ2v) is 7.92. The molecule has 1 aromatic rings. The molecule has 1 N–H and O–H groups in total. The van der Waals surface area contributed by atoms with Gasteiger partial charge in [-0.15, -0.1) is 0 Å². The number of piperazine rings is 1. The van der Waals surface area contributed by atoms with Gasteiger partial charge in [-0.3, -0.25) is 19.4 Å². The minimum atomic E-state index is 0.0258. The number of likely N-dealkylation sites (tertiary alicyclic amines) is 1. The van der Waals surface area contributed by atoms with E-state index in [0.29, 0.717) is 13.1 Å². The number of rotatable bonds is 5. The number of amides is 2. The molecule has 0 spiro atoms. The first kappa shape index (κ1) is 19.8. The van der Waals surface area contributed by atoms with E-state index in [0.717, 1.165) is 68.9 Å². The molecule has 6 heteroatoms. The van der Waals surface area contributed by atoms with Gasteiger partial charge in [0.05, 0.1) is 13.1 Å². The summed E-state index contributed by atoms with van der Waals surface area (Å²) >= 11 is 0. The Morgan fingerprint density at radius 3 is 1.96 bits per heavy atom. The molecule has 27 heavy (non-hydrogen) atoms. The first-order chi connectivity index (χ1) is 13.0. The van der Waals surface area contributed by atoms with Crippen molar-refractivity contribution in [1.82, 2.24) is 14.7 Å². The van der Waals surface area contributed by atoms with Crippen molar-refractivity contribution in [1.29, 1.82) is 0 Å². The Kier molecular flexibility index (Phi) is 6.85. The summed E-state index contributed by atoms with van der Waals surface area (Å²) < 4.78 is 0. The van der Waals surface area contributed by atoms with Crippen molar-refractivity contribution in [3.63, 3.8) is 0 Å². The van der Waals surface area contributed by atoms with Crippen LogP contribution < -0.4 is 5.32 Å². The number of carbonyl (C=O) groups excluding carboxylic acids is 2. The third-order valence-corrected chi connectivity index (χ3v) is 5.41. The van der Waals surface area contributed by atoms with Crippen LogP contribution in [0.3, 0.4) is 0 Å². The maximum Gasteiger partial charge on any atom is 0.238 e. The lowest BCUT2D eigenvalue weighted by molar-refractivity contribution is -0.134. The van der Waals surface area contributed by atoms with Gasteiger partial charge in [0.2, 0.25) is 11.8 Å². The zero-order valence-electron chi connectivity index (χ0n) is 16.7. The number of benzene rings is 1. The number of hydrogen-bond acceptors (Lipinski definition) is 4. The Bertz CT molecular complexity index is 642. The van der Waals surface area contributed by atoms with Crippen molar-refractivity contribution in [3.05, 3.63) is 29.3 Å². The molecule has 0 unspecified atom stereocenters. The number of aryl methyl sites for hydroxylation is 2. The first-order valence-corrected chi connectivity index (χ1v) is 10.1.